The summed E-state index contributed by atoms with van der Waals surface area (Å²) in [6.07, 6.45) is 4.47. The summed E-state index contributed by atoms with van der Waals surface area (Å²) in [5.74, 6) is 0. The van der Waals surface area contributed by atoms with Gasteiger partial charge in [-0.2, -0.15) is 0 Å². The van der Waals surface area contributed by atoms with Crippen molar-refractivity contribution in [2.75, 3.05) is 0 Å². The molecule has 15 heavy (non-hydrogen) atoms. The Labute approximate surface area is 90.0 Å². The summed E-state index contributed by atoms with van der Waals surface area (Å²) in [6, 6.07) is 8.38. The van der Waals surface area contributed by atoms with E-state index in [2.05, 4.69) is 41.2 Å². The molecule has 0 unspecified atom stereocenters. The molecule has 2 aromatic rings. The summed E-state index contributed by atoms with van der Waals surface area (Å²) in [6.45, 7) is 4.09. The molecule has 1 heterocycles. The molecule has 2 nitrogen and oxygen atoms in total. The van der Waals surface area contributed by atoms with Crippen LogP contribution in [0.5, 0.6) is 0 Å². The van der Waals surface area contributed by atoms with E-state index in [1.807, 2.05) is 13.1 Å². The highest BCUT2D eigenvalue weighted by Gasteiger charge is 2.00. The summed E-state index contributed by atoms with van der Waals surface area (Å²) in [5, 5.41) is 0. The first-order valence-electron chi connectivity index (χ1n) is 5.08. The first kappa shape index (κ1) is 9.84. The van der Waals surface area contributed by atoms with Crippen LogP contribution in [0.15, 0.2) is 36.7 Å². The molecule has 0 saturated heterocycles. The van der Waals surface area contributed by atoms with Gasteiger partial charge in [-0.15, -0.1) is 0 Å². The maximum atomic E-state index is 4.45. The predicted molar refractivity (Wildman–Crippen MR) is 60.8 cm³/mol. The molecule has 1 aromatic carbocycles. The molecule has 1 aromatic heterocycles. The molecular weight excluding hydrogens is 184 g/mol. The van der Waals surface area contributed by atoms with Crippen molar-refractivity contribution in [2.24, 2.45) is 0 Å². The molecule has 0 aliphatic heterocycles. The van der Waals surface area contributed by atoms with Crippen molar-refractivity contribution in [3.8, 4) is 0 Å². The van der Waals surface area contributed by atoms with Gasteiger partial charge in [0.05, 0.1) is 11.4 Å². The average Bonchev–Trinajstić information content (AvgIpc) is 2.22. The van der Waals surface area contributed by atoms with E-state index in [0.717, 1.165) is 17.8 Å². The van der Waals surface area contributed by atoms with E-state index in [1.54, 1.807) is 6.20 Å². The van der Waals surface area contributed by atoms with Crippen molar-refractivity contribution in [1.82, 2.24) is 9.97 Å². The number of aromatic nitrogens is 2. The highest BCUT2D eigenvalue weighted by molar-refractivity contribution is 5.29. The third-order valence-electron chi connectivity index (χ3n) is 2.44. The lowest BCUT2D eigenvalue weighted by molar-refractivity contribution is 0.986. The van der Waals surface area contributed by atoms with Crippen molar-refractivity contribution in [1.29, 1.82) is 0 Å². The van der Waals surface area contributed by atoms with E-state index in [4.69, 9.17) is 0 Å². The van der Waals surface area contributed by atoms with Crippen LogP contribution in [-0.4, -0.2) is 9.97 Å². The van der Waals surface area contributed by atoms with Crippen molar-refractivity contribution in [2.45, 2.75) is 20.3 Å². The van der Waals surface area contributed by atoms with Gasteiger partial charge in [-0.05, 0) is 25.0 Å². The molecule has 0 radical (unpaired) electrons. The maximum absolute atomic E-state index is 4.45. The molecular formula is C13H14N2. The fraction of sp³-hybridized carbons (Fsp3) is 0.231. The smallest absolute Gasteiger partial charge is 0.0633 e. The van der Waals surface area contributed by atoms with Crippen molar-refractivity contribution in [3.63, 3.8) is 0 Å². The van der Waals surface area contributed by atoms with Crippen LogP contribution in [0, 0.1) is 13.8 Å². The Hall–Kier alpha value is -1.70. The third-order valence-corrected chi connectivity index (χ3v) is 2.44. The summed E-state index contributed by atoms with van der Waals surface area (Å²) in [4.78, 5) is 8.59. The van der Waals surface area contributed by atoms with Gasteiger partial charge in [0.25, 0.3) is 0 Å². The van der Waals surface area contributed by atoms with Crippen LogP contribution in [0.1, 0.15) is 22.5 Å². The van der Waals surface area contributed by atoms with Gasteiger partial charge in [0.2, 0.25) is 0 Å². The van der Waals surface area contributed by atoms with Crippen LogP contribution in [0.4, 0.5) is 0 Å². The number of benzene rings is 1. The highest BCUT2D eigenvalue weighted by atomic mass is 14.8. The number of hydrogen-bond acceptors (Lipinski definition) is 2. The standard InChI is InChI=1S/C13H14N2/c1-10-5-3-4-6-12(10)7-13-9-14-8-11(2)15-13/h3-6,8-9H,7H2,1-2H3. The van der Waals surface area contributed by atoms with E-state index < -0.39 is 0 Å². The molecule has 0 saturated carbocycles. The Morgan fingerprint density at radius 1 is 1.07 bits per heavy atom. The monoisotopic (exact) mass is 198 g/mol. The van der Waals surface area contributed by atoms with Crippen molar-refractivity contribution < 1.29 is 0 Å². The molecule has 0 aliphatic rings. The van der Waals surface area contributed by atoms with Crippen LogP contribution in [0.25, 0.3) is 0 Å². The number of nitrogens with zero attached hydrogens (tertiary/aromatic N) is 2. The largest absolute Gasteiger partial charge is 0.261 e. The predicted octanol–water partition coefficient (Wildman–Crippen LogP) is 2.68. The minimum atomic E-state index is 0.862. The Morgan fingerprint density at radius 2 is 1.87 bits per heavy atom. The Kier molecular flexibility index (Phi) is 2.77. The molecule has 76 valence electrons. The second kappa shape index (κ2) is 4.22. The van der Waals surface area contributed by atoms with E-state index in [9.17, 15) is 0 Å². The van der Waals surface area contributed by atoms with E-state index >= 15 is 0 Å². The highest BCUT2D eigenvalue weighted by Crippen LogP contribution is 2.11. The molecule has 0 amide bonds. The summed E-state index contributed by atoms with van der Waals surface area (Å²) in [5.41, 5.74) is 4.63. The molecule has 0 N–H and O–H groups in total. The molecule has 0 bridgehead atoms. The zero-order valence-corrected chi connectivity index (χ0v) is 9.07. The minimum absolute atomic E-state index is 0.862. The van der Waals surface area contributed by atoms with Gasteiger partial charge in [0.15, 0.2) is 0 Å². The fourth-order valence-corrected chi connectivity index (χ4v) is 1.60. The van der Waals surface area contributed by atoms with E-state index in [-0.39, 0.29) is 0 Å². The Bertz CT molecular complexity index is 464. The van der Waals surface area contributed by atoms with E-state index in [0.29, 0.717) is 0 Å². The normalized spacial score (nSPS) is 10.3. The molecule has 0 spiro atoms. The van der Waals surface area contributed by atoms with Gasteiger partial charge in [0.1, 0.15) is 0 Å². The van der Waals surface area contributed by atoms with Crippen LogP contribution in [0.3, 0.4) is 0 Å². The molecule has 0 fully saturated rings. The quantitative estimate of drug-likeness (QED) is 0.741. The van der Waals surface area contributed by atoms with Crippen LogP contribution in [-0.2, 0) is 6.42 Å². The van der Waals surface area contributed by atoms with Gasteiger partial charge in [-0.25, -0.2) is 0 Å². The third kappa shape index (κ3) is 2.40. The van der Waals surface area contributed by atoms with Crippen LogP contribution < -0.4 is 0 Å². The van der Waals surface area contributed by atoms with Crippen molar-refractivity contribution in [3.05, 3.63) is 59.2 Å². The topological polar surface area (TPSA) is 25.8 Å². The Morgan fingerprint density at radius 3 is 2.60 bits per heavy atom. The fourth-order valence-electron chi connectivity index (χ4n) is 1.60. The van der Waals surface area contributed by atoms with Crippen LogP contribution >= 0.6 is 0 Å². The minimum Gasteiger partial charge on any atom is -0.261 e. The Balaban J connectivity index is 2.26. The zero-order chi connectivity index (χ0) is 10.7. The second-order valence-electron chi connectivity index (χ2n) is 3.76. The van der Waals surface area contributed by atoms with Gasteiger partial charge >= 0.3 is 0 Å². The first-order chi connectivity index (χ1) is 7.25. The average molecular weight is 198 g/mol. The second-order valence-corrected chi connectivity index (χ2v) is 3.76. The number of hydrogen-bond donors (Lipinski definition) is 0. The SMILES string of the molecule is Cc1cncc(Cc2ccccc2C)n1. The lowest BCUT2D eigenvalue weighted by Crippen LogP contribution is -1.96. The molecule has 0 atom stereocenters. The lowest BCUT2D eigenvalue weighted by Gasteiger charge is -2.04. The maximum Gasteiger partial charge on any atom is 0.0633 e. The van der Waals surface area contributed by atoms with Gasteiger partial charge in [-0.3, -0.25) is 9.97 Å². The zero-order valence-electron chi connectivity index (χ0n) is 9.07. The number of rotatable bonds is 2. The summed E-state index contributed by atoms with van der Waals surface area (Å²) in [7, 11) is 0. The lowest BCUT2D eigenvalue weighted by atomic mass is 10.0. The molecule has 0 aliphatic carbocycles. The van der Waals surface area contributed by atoms with Crippen LogP contribution in [0.2, 0.25) is 0 Å². The van der Waals surface area contributed by atoms with Gasteiger partial charge in [-0.1, -0.05) is 24.3 Å². The number of aryl methyl sites for hydroxylation is 2. The van der Waals surface area contributed by atoms with Gasteiger partial charge < -0.3 is 0 Å². The summed E-state index contributed by atoms with van der Waals surface area (Å²) >= 11 is 0. The van der Waals surface area contributed by atoms with E-state index in [1.165, 1.54) is 11.1 Å². The molecule has 2 heteroatoms. The van der Waals surface area contributed by atoms with Gasteiger partial charge in [0, 0.05) is 18.8 Å². The molecule has 2 rings (SSSR count). The van der Waals surface area contributed by atoms with Crippen molar-refractivity contribution >= 4 is 0 Å². The summed E-state index contributed by atoms with van der Waals surface area (Å²) < 4.78 is 0. The first-order valence-corrected chi connectivity index (χ1v) is 5.08.